The van der Waals surface area contributed by atoms with Gasteiger partial charge in [-0.15, -0.1) is 0 Å². The van der Waals surface area contributed by atoms with Crippen LogP contribution in [0.2, 0.25) is 0 Å². The second-order valence-electron chi connectivity index (χ2n) is 4.74. The molecule has 1 aliphatic heterocycles. The van der Waals surface area contributed by atoms with E-state index in [1.54, 1.807) is 12.1 Å². The highest BCUT2D eigenvalue weighted by molar-refractivity contribution is 6.20. The first kappa shape index (κ1) is 14.5. The number of imide groups is 1. The van der Waals surface area contributed by atoms with E-state index in [1.807, 2.05) is 0 Å². The van der Waals surface area contributed by atoms with E-state index in [0.717, 1.165) is 4.57 Å². The molecule has 8 nitrogen and oxygen atoms in total. The van der Waals surface area contributed by atoms with Crippen molar-refractivity contribution in [2.75, 3.05) is 0 Å². The van der Waals surface area contributed by atoms with Crippen molar-refractivity contribution in [2.45, 2.75) is 6.54 Å². The highest BCUT2D eigenvalue weighted by Crippen LogP contribution is 2.22. The lowest BCUT2D eigenvalue weighted by atomic mass is 10.1. The predicted molar refractivity (Wildman–Crippen MR) is 75.4 cm³/mol. The molecule has 0 radical (unpaired) electrons. The molecule has 1 N–H and O–H groups in total. The summed E-state index contributed by atoms with van der Waals surface area (Å²) in [5, 5.41) is 9.66. The molecule has 1 aromatic carbocycles. The number of benzene rings is 1. The van der Waals surface area contributed by atoms with Crippen molar-refractivity contribution in [1.82, 2.24) is 9.63 Å². The number of pyridine rings is 1. The molecule has 0 bridgehead atoms. The fourth-order valence-corrected chi connectivity index (χ4v) is 2.17. The number of rotatable bonds is 3. The largest absolute Gasteiger partial charge is 0.503 e. The van der Waals surface area contributed by atoms with Crippen molar-refractivity contribution < 1.29 is 24.3 Å². The van der Waals surface area contributed by atoms with E-state index in [4.69, 9.17) is 4.84 Å². The van der Waals surface area contributed by atoms with E-state index in [2.05, 4.69) is 0 Å². The predicted octanol–water partition coefficient (Wildman–Crippen LogP) is 0.308. The lowest BCUT2D eigenvalue weighted by Gasteiger charge is -2.13. The monoisotopic (exact) mass is 314 g/mol. The maximum atomic E-state index is 12.0. The van der Waals surface area contributed by atoms with Gasteiger partial charge in [0.25, 0.3) is 17.4 Å². The number of carbonyl (C=O) groups excluding carboxylic acids is 3. The van der Waals surface area contributed by atoms with Gasteiger partial charge >= 0.3 is 5.97 Å². The molecular weight excluding hydrogens is 304 g/mol. The summed E-state index contributed by atoms with van der Waals surface area (Å²) in [6, 6.07) is 8.61. The highest BCUT2D eigenvalue weighted by atomic mass is 16.7. The lowest BCUT2D eigenvalue weighted by Crippen LogP contribution is -2.35. The Morgan fingerprint density at radius 2 is 1.61 bits per heavy atom. The van der Waals surface area contributed by atoms with Gasteiger partial charge in [-0.25, -0.2) is 4.79 Å². The number of amides is 2. The Hall–Kier alpha value is -3.42. The summed E-state index contributed by atoms with van der Waals surface area (Å²) < 4.78 is 0.899. The van der Waals surface area contributed by atoms with Crippen LogP contribution in [0.3, 0.4) is 0 Å². The Bertz CT molecular complexity index is 851. The van der Waals surface area contributed by atoms with Gasteiger partial charge in [-0.05, 0) is 24.3 Å². The van der Waals surface area contributed by atoms with Gasteiger partial charge in [0.1, 0.15) is 6.54 Å². The van der Waals surface area contributed by atoms with Gasteiger partial charge in [-0.1, -0.05) is 17.2 Å². The van der Waals surface area contributed by atoms with E-state index < -0.39 is 35.6 Å². The van der Waals surface area contributed by atoms with Crippen molar-refractivity contribution in [1.29, 1.82) is 0 Å². The number of aromatic hydroxyl groups is 1. The topological polar surface area (TPSA) is 106 Å². The van der Waals surface area contributed by atoms with E-state index >= 15 is 0 Å². The fourth-order valence-electron chi connectivity index (χ4n) is 2.17. The Labute approximate surface area is 129 Å². The molecule has 23 heavy (non-hydrogen) atoms. The first-order valence-electron chi connectivity index (χ1n) is 6.56. The highest BCUT2D eigenvalue weighted by Gasteiger charge is 2.38. The average molecular weight is 314 g/mol. The van der Waals surface area contributed by atoms with Crippen molar-refractivity contribution in [3.8, 4) is 5.75 Å². The summed E-state index contributed by atoms with van der Waals surface area (Å²) in [6.07, 6.45) is 1.27. The molecule has 0 saturated carbocycles. The fraction of sp³-hybridized carbons (Fsp3) is 0.0667. The molecule has 116 valence electrons. The molecule has 0 unspecified atom stereocenters. The zero-order valence-electron chi connectivity index (χ0n) is 11.6. The van der Waals surface area contributed by atoms with Crippen LogP contribution in [0.1, 0.15) is 20.7 Å². The van der Waals surface area contributed by atoms with Crippen LogP contribution < -0.4 is 5.56 Å². The second-order valence-corrected chi connectivity index (χ2v) is 4.74. The molecule has 2 amide bonds. The summed E-state index contributed by atoms with van der Waals surface area (Å²) in [5.74, 6) is -3.02. The minimum Gasteiger partial charge on any atom is -0.503 e. The van der Waals surface area contributed by atoms with Gasteiger partial charge < -0.3 is 14.5 Å². The second kappa shape index (κ2) is 5.41. The number of hydroxylamine groups is 2. The zero-order chi connectivity index (χ0) is 16.6. The van der Waals surface area contributed by atoms with Crippen LogP contribution in [-0.4, -0.2) is 32.5 Å². The van der Waals surface area contributed by atoms with Crippen LogP contribution in [0.4, 0.5) is 0 Å². The number of hydrogen-bond acceptors (Lipinski definition) is 6. The molecule has 0 aliphatic carbocycles. The quantitative estimate of drug-likeness (QED) is 0.817. The Balaban J connectivity index is 1.77. The number of hydrogen-bond donors (Lipinski definition) is 1. The molecule has 2 aromatic rings. The Morgan fingerprint density at radius 3 is 2.22 bits per heavy atom. The molecule has 0 atom stereocenters. The zero-order valence-corrected chi connectivity index (χ0v) is 11.6. The van der Waals surface area contributed by atoms with Crippen LogP contribution in [0, 0.1) is 0 Å². The van der Waals surface area contributed by atoms with E-state index in [1.165, 1.54) is 30.5 Å². The first-order chi connectivity index (χ1) is 11.0. The standard InChI is InChI=1S/C15H10N2O6/c18-11-6-3-7-16(15(11)22)8-12(19)23-17-13(20)9-4-1-2-5-10(9)14(17)21/h1-7,18H,8H2. The minimum atomic E-state index is -0.993. The molecule has 0 spiro atoms. The Morgan fingerprint density at radius 1 is 1.00 bits per heavy atom. The van der Waals surface area contributed by atoms with Crippen LogP contribution in [0.25, 0.3) is 0 Å². The van der Waals surface area contributed by atoms with Crippen LogP contribution in [-0.2, 0) is 16.2 Å². The Kier molecular flexibility index (Phi) is 3.41. The van der Waals surface area contributed by atoms with Crippen LogP contribution in [0.5, 0.6) is 5.75 Å². The van der Waals surface area contributed by atoms with Crippen molar-refractivity contribution >= 4 is 17.8 Å². The maximum Gasteiger partial charge on any atom is 0.352 e. The molecule has 1 aliphatic rings. The number of nitrogens with zero attached hydrogens (tertiary/aromatic N) is 2. The average Bonchev–Trinajstić information content (AvgIpc) is 2.77. The molecule has 1 aromatic heterocycles. The van der Waals surface area contributed by atoms with Crippen molar-refractivity contribution in [3.63, 3.8) is 0 Å². The lowest BCUT2D eigenvalue weighted by molar-refractivity contribution is -0.169. The molecule has 3 rings (SSSR count). The minimum absolute atomic E-state index is 0.139. The summed E-state index contributed by atoms with van der Waals surface area (Å²) in [5.41, 5.74) is -0.508. The van der Waals surface area contributed by atoms with Gasteiger partial charge in [0.05, 0.1) is 11.1 Å². The third kappa shape index (κ3) is 2.46. The first-order valence-corrected chi connectivity index (χ1v) is 6.56. The van der Waals surface area contributed by atoms with Crippen LogP contribution >= 0.6 is 0 Å². The number of aromatic nitrogens is 1. The van der Waals surface area contributed by atoms with Crippen LogP contribution in [0.15, 0.2) is 47.4 Å². The summed E-state index contributed by atoms with van der Waals surface area (Å²) in [6.45, 7) is -0.555. The summed E-state index contributed by atoms with van der Waals surface area (Å²) in [4.78, 5) is 52.3. The molecule has 0 fully saturated rings. The van der Waals surface area contributed by atoms with Gasteiger partial charge in [0.15, 0.2) is 5.75 Å². The normalized spacial score (nSPS) is 13.1. The molecule has 2 heterocycles. The van der Waals surface area contributed by atoms with Gasteiger partial charge in [-0.3, -0.25) is 14.4 Å². The summed E-state index contributed by atoms with van der Waals surface area (Å²) >= 11 is 0. The van der Waals surface area contributed by atoms with E-state index in [0.29, 0.717) is 5.06 Å². The van der Waals surface area contributed by atoms with E-state index in [-0.39, 0.29) is 11.1 Å². The third-order valence-corrected chi connectivity index (χ3v) is 3.25. The smallest absolute Gasteiger partial charge is 0.352 e. The molecule has 8 heteroatoms. The SMILES string of the molecule is O=C(Cn1cccc(O)c1=O)ON1C(=O)c2ccccc2C1=O. The van der Waals surface area contributed by atoms with Gasteiger partial charge in [0.2, 0.25) is 0 Å². The van der Waals surface area contributed by atoms with Gasteiger partial charge in [0, 0.05) is 6.20 Å². The molecular formula is C15H10N2O6. The number of fused-ring (bicyclic) bond motifs is 1. The maximum absolute atomic E-state index is 12.0. The molecule has 0 saturated heterocycles. The van der Waals surface area contributed by atoms with Crippen molar-refractivity contribution in [3.05, 3.63) is 64.1 Å². The number of carbonyl (C=O) groups is 3. The third-order valence-electron chi connectivity index (χ3n) is 3.25. The van der Waals surface area contributed by atoms with Gasteiger partial charge in [-0.2, -0.15) is 0 Å². The van der Waals surface area contributed by atoms with Crippen molar-refractivity contribution in [2.24, 2.45) is 0 Å². The summed E-state index contributed by atoms with van der Waals surface area (Å²) in [7, 11) is 0. The van der Waals surface area contributed by atoms with E-state index in [9.17, 15) is 24.3 Å².